The van der Waals surface area contributed by atoms with Crippen molar-refractivity contribution in [3.05, 3.63) is 51.2 Å². The number of esters is 1. The SMILES string of the molecule is Cc1cc(OCC(=O)OCC(=O)N(C)Cc2cccs2)ccc1Cl. The number of halogens is 1. The highest BCUT2D eigenvalue weighted by atomic mass is 35.5. The van der Waals surface area contributed by atoms with Gasteiger partial charge in [0.25, 0.3) is 5.91 Å². The van der Waals surface area contributed by atoms with Crippen molar-refractivity contribution < 1.29 is 19.1 Å². The van der Waals surface area contributed by atoms with Crippen molar-refractivity contribution in [1.82, 2.24) is 4.90 Å². The Morgan fingerprint density at radius 1 is 1.25 bits per heavy atom. The predicted octanol–water partition coefficient (Wildman–Crippen LogP) is 3.29. The number of rotatable bonds is 7. The molecule has 1 aromatic carbocycles. The summed E-state index contributed by atoms with van der Waals surface area (Å²) in [4.78, 5) is 26.2. The molecule has 128 valence electrons. The fourth-order valence-electron chi connectivity index (χ4n) is 1.87. The number of thiophene rings is 1. The van der Waals surface area contributed by atoms with Crippen LogP contribution in [-0.2, 0) is 20.9 Å². The van der Waals surface area contributed by atoms with Crippen LogP contribution in [0, 0.1) is 6.92 Å². The minimum absolute atomic E-state index is 0.261. The van der Waals surface area contributed by atoms with Crippen LogP contribution in [0.2, 0.25) is 5.02 Å². The minimum atomic E-state index is -0.597. The van der Waals surface area contributed by atoms with Gasteiger partial charge in [0.15, 0.2) is 13.2 Å². The van der Waals surface area contributed by atoms with E-state index in [-0.39, 0.29) is 19.1 Å². The van der Waals surface area contributed by atoms with E-state index >= 15 is 0 Å². The predicted molar refractivity (Wildman–Crippen MR) is 93.4 cm³/mol. The molecule has 2 rings (SSSR count). The van der Waals surface area contributed by atoms with Crippen LogP contribution >= 0.6 is 22.9 Å². The Morgan fingerprint density at radius 2 is 2.04 bits per heavy atom. The second-order valence-electron chi connectivity index (χ2n) is 5.19. The molecule has 0 aliphatic heterocycles. The summed E-state index contributed by atoms with van der Waals surface area (Å²) in [7, 11) is 1.67. The Labute approximate surface area is 149 Å². The summed E-state index contributed by atoms with van der Waals surface area (Å²) >= 11 is 7.49. The van der Waals surface area contributed by atoms with Crippen molar-refractivity contribution in [1.29, 1.82) is 0 Å². The Hall–Kier alpha value is -2.05. The molecule has 0 saturated heterocycles. The van der Waals surface area contributed by atoms with Crippen molar-refractivity contribution >= 4 is 34.8 Å². The van der Waals surface area contributed by atoms with Gasteiger partial charge in [-0.2, -0.15) is 0 Å². The van der Waals surface area contributed by atoms with E-state index in [2.05, 4.69) is 0 Å². The molecule has 5 nitrogen and oxygen atoms in total. The maximum Gasteiger partial charge on any atom is 0.344 e. The van der Waals surface area contributed by atoms with Gasteiger partial charge in [-0.05, 0) is 42.1 Å². The summed E-state index contributed by atoms with van der Waals surface area (Å²) in [6, 6.07) is 8.97. The Kier molecular flexibility index (Phi) is 6.63. The molecule has 1 heterocycles. The summed E-state index contributed by atoms with van der Waals surface area (Å²) in [6.07, 6.45) is 0. The second kappa shape index (κ2) is 8.70. The summed E-state index contributed by atoms with van der Waals surface area (Å²) in [6.45, 7) is 1.77. The van der Waals surface area contributed by atoms with Crippen LogP contribution in [0.1, 0.15) is 10.4 Å². The van der Waals surface area contributed by atoms with Crippen LogP contribution in [0.15, 0.2) is 35.7 Å². The number of benzene rings is 1. The van der Waals surface area contributed by atoms with Crippen LogP contribution in [0.5, 0.6) is 5.75 Å². The van der Waals surface area contributed by atoms with Gasteiger partial charge in [0.2, 0.25) is 0 Å². The van der Waals surface area contributed by atoms with Crippen LogP contribution in [0.4, 0.5) is 0 Å². The summed E-state index contributed by atoms with van der Waals surface area (Å²) < 4.78 is 10.3. The summed E-state index contributed by atoms with van der Waals surface area (Å²) in [5, 5.41) is 2.58. The molecule has 0 aliphatic carbocycles. The first kappa shape index (κ1) is 18.3. The molecular weight excluding hydrogens is 350 g/mol. The fraction of sp³-hybridized carbons (Fsp3) is 0.294. The lowest BCUT2D eigenvalue weighted by Crippen LogP contribution is -2.31. The van der Waals surface area contributed by atoms with Crippen LogP contribution < -0.4 is 4.74 Å². The van der Waals surface area contributed by atoms with Gasteiger partial charge >= 0.3 is 5.97 Å². The number of nitrogens with zero attached hydrogens (tertiary/aromatic N) is 1. The number of amides is 1. The normalized spacial score (nSPS) is 10.3. The molecule has 1 amide bonds. The van der Waals surface area contributed by atoms with Crippen LogP contribution in [-0.4, -0.2) is 37.0 Å². The molecule has 0 unspecified atom stereocenters. The number of hydrogen-bond donors (Lipinski definition) is 0. The van der Waals surface area contributed by atoms with Gasteiger partial charge in [-0.1, -0.05) is 17.7 Å². The fourth-order valence-corrected chi connectivity index (χ4v) is 2.74. The monoisotopic (exact) mass is 367 g/mol. The molecule has 0 atom stereocenters. The molecule has 0 spiro atoms. The number of likely N-dealkylation sites (N-methyl/N-ethyl adjacent to an activating group) is 1. The quantitative estimate of drug-likeness (QED) is 0.705. The van der Waals surface area contributed by atoms with E-state index in [1.807, 2.05) is 24.4 Å². The summed E-state index contributed by atoms with van der Waals surface area (Å²) in [5.41, 5.74) is 0.855. The molecular formula is C17H18ClNO4S. The Morgan fingerprint density at radius 3 is 2.71 bits per heavy atom. The van der Waals surface area contributed by atoms with Gasteiger partial charge in [0.05, 0.1) is 6.54 Å². The van der Waals surface area contributed by atoms with Gasteiger partial charge in [-0.15, -0.1) is 11.3 Å². The van der Waals surface area contributed by atoms with Crippen molar-refractivity contribution in [2.45, 2.75) is 13.5 Å². The third-order valence-corrected chi connectivity index (χ3v) is 4.53. The molecule has 0 fully saturated rings. The van der Waals surface area contributed by atoms with E-state index in [4.69, 9.17) is 21.1 Å². The molecule has 0 aliphatic rings. The van der Waals surface area contributed by atoms with E-state index in [1.165, 1.54) is 4.90 Å². The van der Waals surface area contributed by atoms with Gasteiger partial charge < -0.3 is 14.4 Å². The molecule has 0 saturated carbocycles. The highest BCUT2D eigenvalue weighted by Gasteiger charge is 2.13. The Balaban J connectivity index is 1.72. The maximum absolute atomic E-state index is 11.9. The van der Waals surface area contributed by atoms with E-state index in [0.29, 0.717) is 17.3 Å². The number of hydrogen-bond acceptors (Lipinski definition) is 5. The van der Waals surface area contributed by atoms with Crippen LogP contribution in [0.3, 0.4) is 0 Å². The lowest BCUT2D eigenvalue weighted by Gasteiger charge is -2.16. The highest BCUT2D eigenvalue weighted by molar-refractivity contribution is 7.09. The van der Waals surface area contributed by atoms with E-state index in [0.717, 1.165) is 10.4 Å². The largest absolute Gasteiger partial charge is 0.482 e. The van der Waals surface area contributed by atoms with E-state index < -0.39 is 5.97 Å². The third-order valence-electron chi connectivity index (χ3n) is 3.24. The highest BCUT2D eigenvalue weighted by Crippen LogP contribution is 2.20. The zero-order valence-electron chi connectivity index (χ0n) is 13.5. The van der Waals surface area contributed by atoms with Crippen molar-refractivity contribution in [3.63, 3.8) is 0 Å². The van der Waals surface area contributed by atoms with Crippen LogP contribution in [0.25, 0.3) is 0 Å². The van der Waals surface area contributed by atoms with Crippen molar-refractivity contribution in [2.24, 2.45) is 0 Å². The average molecular weight is 368 g/mol. The van der Waals surface area contributed by atoms with Gasteiger partial charge in [0, 0.05) is 16.9 Å². The number of carbonyl (C=O) groups excluding carboxylic acids is 2. The van der Waals surface area contributed by atoms with Gasteiger partial charge in [-0.3, -0.25) is 4.79 Å². The molecule has 0 radical (unpaired) electrons. The second-order valence-corrected chi connectivity index (χ2v) is 6.63. The smallest absolute Gasteiger partial charge is 0.344 e. The van der Waals surface area contributed by atoms with E-state index in [1.54, 1.807) is 36.6 Å². The average Bonchev–Trinajstić information content (AvgIpc) is 3.06. The Bertz CT molecular complexity index is 703. The molecule has 2 aromatic rings. The topological polar surface area (TPSA) is 55.8 Å². The molecule has 0 bridgehead atoms. The molecule has 24 heavy (non-hydrogen) atoms. The van der Waals surface area contributed by atoms with Crippen molar-refractivity contribution in [3.8, 4) is 5.75 Å². The maximum atomic E-state index is 11.9. The van der Waals surface area contributed by atoms with Crippen molar-refractivity contribution in [2.75, 3.05) is 20.3 Å². The minimum Gasteiger partial charge on any atom is -0.482 e. The lowest BCUT2D eigenvalue weighted by molar-refractivity contribution is -0.153. The van der Waals surface area contributed by atoms with E-state index in [9.17, 15) is 9.59 Å². The van der Waals surface area contributed by atoms with Gasteiger partial charge in [-0.25, -0.2) is 4.79 Å². The molecule has 7 heteroatoms. The first-order valence-electron chi connectivity index (χ1n) is 7.26. The zero-order chi connectivity index (χ0) is 17.5. The lowest BCUT2D eigenvalue weighted by atomic mass is 10.2. The first-order chi connectivity index (χ1) is 11.5. The van der Waals surface area contributed by atoms with Gasteiger partial charge in [0.1, 0.15) is 5.75 Å². The standard InChI is InChI=1S/C17H18ClNO4S/c1-12-8-13(5-6-15(12)18)22-11-17(21)23-10-16(20)19(2)9-14-4-3-7-24-14/h3-8H,9-11H2,1-2H3. The molecule has 1 aromatic heterocycles. The number of aryl methyl sites for hydroxylation is 1. The zero-order valence-corrected chi connectivity index (χ0v) is 15.0. The third kappa shape index (κ3) is 5.54. The molecule has 0 N–H and O–H groups in total. The summed E-state index contributed by atoms with van der Waals surface area (Å²) in [5.74, 6) is -0.338. The first-order valence-corrected chi connectivity index (χ1v) is 8.52. The number of ether oxygens (including phenoxy) is 2. The number of carbonyl (C=O) groups is 2.